The first kappa shape index (κ1) is 24.7. The number of thiophene rings is 1. The van der Waals surface area contributed by atoms with E-state index in [9.17, 15) is 19.7 Å². The van der Waals surface area contributed by atoms with Crippen molar-refractivity contribution < 1.29 is 14.5 Å². The molecular formula is C19H21Cl2N5O4S2. The average Bonchev–Trinajstić information content (AvgIpc) is 3.21. The lowest BCUT2D eigenvalue weighted by Crippen LogP contribution is -2.39. The number of hydrogen-bond donors (Lipinski definition) is 3. The number of nitrogens with one attached hydrogen (secondary N) is 3. The normalized spacial score (nSPS) is 14.2. The largest absolute Gasteiger partial charge is 0.356 e. The molecule has 2 amide bonds. The number of halogens is 2. The molecule has 3 rings (SSSR count). The Bertz CT molecular complexity index is 978. The first-order chi connectivity index (χ1) is 15.4. The van der Waals surface area contributed by atoms with Gasteiger partial charge in [-0.1, -0.05) is 35.0 Å². The van der Waals surface area contributed by atoms with Crippen LogP contribution in [0.5, 0.6) is 0 Å². The van der Waals surface area contributed by atoms with E-state index in [4.69, 9.17) is 23.2 Å². The van der Waals surface area contributed by atoms with Crippen molar-refractivity contribution in [2.45, 2.75) is 28.4 Å². The van der Waals surface area contributed by atoms with Crippen molar-refractivity contribution in [2.24, 2.45) is 5.92 Å². The summed E-state index contributed by atoms with van der Waals surface area (Å²) in [5.41, 5.74) is -0.191. The lowest BCUT2D eigenvalue weighted by atomic mass is 9.97. The van der Waals surface area contributed by atoms with E-state index >= 15 is 0 Å². The second kappa shape index (κ2) is 11.8. The Kier molecular flexibility index (Phi) is 9.11. The molecule has 0 spiro atoms. The summed E-state index contributed by atoms with van der Waals surface area (Å²) in [7, 11) is 0. The zero-order chi connectivity index (χ0) is 23.1. The smallest absolute Gasteiger partial charge is 0.294 e. The van der Waals surface area contributed by atoms with E-state index in [1.807, 2.05) is 0 Å². The number of hydrogen-bond acceptors (Lipinski definition) is 8. The van der Waals surface area contributed by atoms with Gasteiger partial charge in [-0.15, -0.1) is 11.3 Å². The zero-order valence-corrected chi connectivity index (χ0v) is 20.0. The third-order valence-electron chi connectivity index (χ3n) is 4.75. The van der Waals surface area contributed by atoms with Gasteiger partial charge in [0.2, 0.25) is 5.91 Å². The first-order valence-electron chi connectivity index (χ1n) is 9.88. The van der Waals surface area contributed by atoms with Crippen molar-refractivity contribution in [1.29, 1.82) is 0 Å². The van der Waals surface area contributed by atoms with Crippen LogP contribution in [0.1, 0.15) is 28.9 Å². The molecule has 9 nitrogen and oxygen atoms in total. The number of rotatable bonds is 9. The minimum absolute atomic E-state index is 0.0378. The molecule has 0 unspecified atom stereocenters. The van der Waals surface area contributed by atoms with Gasteiger partial charge in [-0.3, -0.25) is 24.7 Å². The summed E-state index contributed by atoms with van der Waals surface area (Å²) in [4.78, 5) is 40.0. The predicted octanol–water partition coefficient (Wildman–Crippen LogP) is 3.75. The van der Waals surface area contributed by atoms with Crippen LogP contribution in [0.15, 0.2) is 27.6 Å². The number of nitrogens with zero attached hydrogens (tertiary/aromatic N) is 2. The van der Waals surface area contributed by atoms with E-state index < -0.39 is 10.8 Å². The van der Waals surface area contributed by atoms with E-state index in [0.29, 0.717) is 28.6 Å². The number of carbonyl (C=O) groups is 2. The lowest BCUT2D eigenvalue weighted by Gasteiger charge is -2.21. The number of piperidine rings is 1. The Morgan fingerprint density at radius 3 is 2.53 bits per heavy atom. The van der Waals surface area contributed by atoms with Crippen LogP contribution in [0.3, 0.4) is 0 Å². The van der Waals surface area contributed by atoms with Crippen LogP contribution < -0.4 is 16.0 Å². The minimum Gasteiger partial charge on any atom is -0.356 e. The van der Waals surface area contributed by atoms with E-state index in [0.717, 1.165) is 49.0 Å². The maximum absolute atomic E-state index is 12.5. The maximum atomic E-state index is 12.5. The summed E-state index contributed by atoms with van der Waals surface area (Å²) in [6.45, 7) is 2.48. The van der Waals surface area contributed by atoms with Crippen molar-refractivity contribution in [3.05, 3.63) is 43.5 Å². The van der Waals surface area contributed by atoms with E-state index in [2.05, 4.69) is 20.9 Å². The summed E-state index contributed by atoms with van der Waals surface area (Å²) in [5, 5.41) is 20.8. The Hall–Kier alpha value is -1.92. The molecule has 0 bridgehead atoms. The molecule has 0 aromatic carbocycles. The third-order valence-corrected chi connectivity index (χ3v) is 8.01. The van der Waals surface area contributed by atoms with Gasteiger partial charge >= 0.3 is 0 Å². The van der Waals surface area contributed by atoms with Gasteiger partial charge < -0.3 is 16.0 Å². The number of nitro groups is 1. The molecule has 172 valence electrons. The molecule has 0 aliphatic carbocycles. The fourth-order valence-corrected chi connectivity index (χ4v) is 5.86. The van der Waals surface area contributed by atoms with Crippen LogP contribution >= 0.6 is 46.3 Å². The molecule has 1 aliphatic heterocycles. The number of pyridine rings is 1. The summed E-state index contributed by atoms with van der Waals surface area (Å²) < 4.78 is 0.296. The van der Waals surface area contributed by atoms with Crippen molar-refractivity contribution in [2.75, 3.05) is 26.2 Å². The summed E-state index contributed by atoms with van der Waals surface area (Å²) >= 11 is 14.2. The molecular weight excluding hydrogens is 497 g/mol. The highest BCUT2D eigenvalue weighted by atomic mass is 35.5. The Morgan fingerprint density at radius 1 is 1.22 bits per heavy atom. The van der Waals surface area contributed by atoms with Crippen LogP contribution in [0, 0.1) is 16.0 Å². The van der Waals surface area contributed by atoms with Gasteiger partial charge in [0.1, 0.15) is 9.09 Å². The van der Waals surface area contributed by atoms with Gasteiger partial charge in [-0.05, 0) is 32.4 Å². The highest BCUT2D eigenvalue weighted by Gasteiger charge is 2.25. The molecule has 32 heavy (non-hydrogen) atoms. The van der Waals surface area contributed by atoms with Crippen LogP contribution in [0.4, 0.5) is 5.69 Å². The number of aromatic nitrogens is 1. The molecule has 1 saturated heterocycles. The molecule has 2 aromatic rings. The summed E-state index contributed by atoms with van der Waals surface area (Å²) in [6.07, 6.45) is 5.01. The topological polar surface area (TPSA) is 126 Å². The molecule has 0 saturated carbocycles. The van der Waals surface area contributed by atoms with Gasteiger partial charge in [0.25, 0.3) is 11.6 Å². The monoisotopic (exact) mass is 517 g/mol. The molecule has 1 fully saturated rings. The molecule has 0 atom stereocenters. The third kappa shape index (κ3) is 6.55. The minimum atomic E-state index is -0.547. The molecule has 13 heteroatoms. The van der Waals surface area contributed by atoms with Crippen LogP contribution in [-0.2, 0) is 4.79 Å². The molecule has 3 heterocycles. The molecule has 3 N–H and O–H groups in total. The maximum Gasteiger partial charge on any atom is 0.294 e. The fraction of sp³-hybridized carbons (Fsp3) is 0.421. The average molecular weight is 518 g/mol. The lowest BCUT2D eigenvalue weighted by molar-refractivity contribution is -0.387. The zero-order valence-electron chi connectivity index (χ0n) is 16.9. The van der Waals surface area contributed by atoms with E-state index in [1.165, 1.54) is 18.5 Å². The highest BCUT2D eigenvalue weighted by Crippen LogP contribution is 2.45. The van der Waals surface area contributed by atoms with Crippen LogP contribution in [-0.4, -0.2) is 47.9 Å². The van der Waals surface area contributed by atoms with Crippen molar-refractivity contribution in [3.8, 4) is 0 Å². The first-order valence-corrected chi connectivity index (χ1v) is 12.3. The van der Waals surface area contributed by atoms with Gasteiger partial charge in [0.05, 0.1) is 19.9 Å². The van der Waals surface area contributed by atoms with Crippen molar-refractivity contribution in [3.63, 3.8) is 0 Å². The molecule has 0 radical (unpaired) electrons. The second-order valence-electron chi connectivity index (χ2n) is 7.00. The van der Waals surface area contributed by atoms with Crippen molar-refractivity contribution in [1.82, 2.24) is 20.9 Å². The quantitative estimate of drug-likeness (QED) is 0.262. The number of amides is 2. The Morgan fingerprint density at radius 2 is 1.88 bits per heavy atom. The van der Waals surface area contributed by atoms with Gasteiger partial charge in [-0.2, -0.15) is 0 Å². The molecule has 2 aromatic heterocycles. The van der Waals surface area contributed by atoms with Crippen LogP contribution in [0.2, 0.25) is 10.0 Å². The number of carbonyl (C=O) groups excluding carboxylic acids is 2. The Balaban J connectivity index is 1.53. The fourth-order valence-electron chi connectivity index (χ4n) is 3.08. The predicted molar refractivity (Wildman–Crippen MR) is 125 cm³/mol. The summed E-state index contributed by atoms with van der Waals surface area (Å²) in [5.74, 6) is -0.334. The van der Waals surface area contributed by atoms with Crippen LogP contribution in [0.25, 0.3) is 0 Å². The SMILES string of the molecule is O=C(NCCCNC(=O)C1CCNCC1)c1cc([N+](=O)[O-])c(Sc2c(Cl)cncc2Cl)s1. The Labute approximate surface area is 202 Å². The molecule has 1 aliphatic rings. The van der Waals surface area contributed by atoms with E-state index in [-0.39, 0.29) is 32.4 Å². The summed E-state index contributed by atoms with van der Waals surface area (Å²) in [6, 6.07) is 1.24. The van der Waals surface area contributed by atoms with E-state index in [1.54, 1.807) is 0 Å². The highest BCUT2D eigenvalue weighted by molar-refractivity contribution is 8.01. The van der Waals surface area contributed by atoms with Crippen molar-refractivity contribution >= 4 is 63.8 Å². The van der Waals surface area contributed by atoms with Gasteiger partial charge in [0, 0.05) is 37.5 Å². The second-order valence-corrected chi connectivity index (χ2v) is 10.1. The standard InChI is InChI=1S/C19H21Cl2N5O4S2/c20-12-9-23-10-13(21)16(12)32-19-14(26(29)30)8-15(31-19)18(28)25-5-1-4-24-17(27)11-2-6-22-7-3-11/h8-11,22H,1-7H2,(H,24,27)(H,25,28). The van der Waals surface area contributed by atoms with Gasteiger partial charge in [-0.25, -0.2) is 0 Å². The van der Waals surface area contributed by atoms with Gasteiger partial charge in [0.15, 0.2) is 0 Å².